The predicted octanol–water partition coefficient (Wildman–Crippen LogP) is 5.76. The summed E-state index contributed by atoms with van der Waals surface area (Å²) in [4.78, 5) is 1.60. The van der Waals surface area contributed by atoms with E-state index >= 15 is 0 Å². The molecule has 0 N–H and O–H groups in total. The maximum Gasteiger partial charge on any atom is 0.416 e. The van der Waals surface area contributed by atoms with Crippen LogP contribution < -0.4 is 4.31 Å². The Morgan fingerprint density at radius 3 is 2.03 bits per heavy atom. The Hall–Kier alpha value is -2.14. The SMILES string of the molecule is CCN1CCC2(CC1)CN(S(=O)c1cc(C(F)(F)F)cc(C(F)(F)F)c1)c1ccc(F)cc12. The van der Waals surface area contributed by atoms with E-state index in [1.54, 1.807) is 0 Å². The second-order valence-electron chi connectivity index (χ2n) is 8.40. The number of rotatable bonds is 3. The maximum atomic E-state index is 14.1. The summed E-state index contributed by atoms with van der Waals surface area (Å²) in [6.07, 6.45) is -8.86. The van der Waals surface area contributed by atoms with Gasteiger partial charge in [-0.15, -0.1) is 0 Å². The van der Waals surface area contributed by atoms with Crippen molar-refractivity contribution in [2.45, 2.75) is 42.4 Å². The number of benzene rings is 2. The van der Waals surface area contributed by atoms with Crippen LogP contribution in [0.1, 0.15) is 36.5 Å². The molecule has 2 heterocycles. The number of piperidine rings is 1. The molecule has 2 aromatic carbocycles. The molecule has 0 radical (unpaired) electrons. The summed E-state index contributed by atoms with van der Waals surface area (Å²) in [5.74, 6) is -0.503. The smallest absolute Gasteiger partial charge is 0.304 e. The first kappa shape index (κ1) is 24.0. The van der Waals surface area contributed by atoms with Gasteiger partial charge in [-0.25, -0.2) is 8.60 Å². The molecule has 180 valence electrons. The van der Waals surface area contributed by atoms with Crippen molar-refractivity contribution < 1.29 is 34.9 Å². The van der Waals surface area contributed by atoms with Crippen molar-refractivity contribution >= 4 is 16.7 Å². The Labute approximate surface area is 188 Å². The highest BCUT2D eigenvalue weighted by molar-refractivity contribution is 7.86. The zero-order valence-corrected chi connectivity index (χ0v) is 18.4. The van der Waals surface area contributed by atoms with Gasteiger partial charge in [0.15, 0.2) is 11.0 Å². The molecule has 4 rings (SSSR count). The minimum atomic E-state index is -5.04. The van der Waals surface area contributed by atoms with E-state index in [1.807, 2.05) is 6.92 Å². The second kappa shape index (κ2) is 8.26. The van der Waals surface area contributed by atoms with E-state index in [-0.39, 0.29) is 12.6 Å². The average Bonchev–Trinajstić information content (AvgIpc) is 3.05. The van der Waals surface area contributed by atoms with Crippen LogP contribution in [0.25, 0.3) is 0 Å². The monoisotopic (exact) mass is 494 g/mol. The standard InChI is InChI=1S/C22H21F7N2OS/c1-2-30-7-5-20(6-8-30)13-31(19-4-3-16(23)12-18(19)20)33(32)17-10-14(21(24,25)26)9-15(11-17)22(27,28)29/h3-4,9-12H,2,5-8,13H2,1H3. The number of hydrogen-bond donors (Lipinski definition) is 0. The zero-order valence-electron chi connectivity index (χ0n) is 17.6. The average molecular weight is 494 g/mol. The first-order valence-corrected chi connectivity index (χ1v) is 11.5. The van der Waals surface area contributed by atoms with Crippen LogP contribution in [0.5, 0.6) is 0 Å². The normalized spacial score (nSPS) is 19.7. The van der Waals surface area contributed by atoms with Gasteiger partial charge in [0.25, 0.3) is 0 Å². The van der Waals surface area contributed by atoms with E-state index in [0.29, 0.717) is 49.3 Å². The van der Waals surface area contributed by atoms with E-state index in [2.05, 4.69) is 4.90 Å². The molecule has 1 spiro atoms. The van der Waals surface area contributed by atoms with Crippen molar-refractivity contribution in [3.63, 3.8) is 0 Å². The van der Waals surface area contributed by atoms with Gasteiger partial charge in [-0.2, -0.15) is 26.3 Å². The molecule has 2 aromatic rings. The van der Waals surface area contributed by atoms with Crippen molar-refractivity contribution in [2.24, 2.45) is 0 Å². The van der Waals surface area contributed by atoms with Crippen molar-refractivity contribution in [1.82, 2.24) is 4.90 Å². The lowest BCUT2D eigenvalue weighted by Gasteiger charge is -2.39. The van der Waals surface area contributed by atoms with Crippen molar-refractivity contribution in [3.8, 4) is 0 Å². The van der Waals surface area contributed by atoms with Crippen LogP contribution in [0.15, 0.2) is 41.3 Å². The number of fused-ring (bicyclic) bond motifs is 2. The van der Waals surface area contributed by atoms with Gasteiger partial charge in [-0.05, 0) is 74.4 Å². The molecule has 3 nitrogen and oxygen atoms in total. The molecule has 0 saturated carbocycles. The van der Waals surface area contributed by atoms with E-state index in [9.17, 15) is 34.9 Å². The minimum Gasteiger partial charge on any atom is -0.304 e. The Morgan fingerprint density at radius 1 is 0.939 bits per heavy atom. The Morgan fingerprint density at radius 2 is 1.52 bits per heavy atom. The third-order valence-corrected chi connectivity index (χ3v) is 7.83. The second-order valence-corrected chi connectivity index (χ2v) is 9.81. The van der Waals surface area contributed by atoms with Crippen molar-refractivity contribution in [3.05, 3.63) is 58.9 Å². The summed E-state index contributed by atoms with van der Waals surface area (Å²) >= 11 is 0. The van der Waals surface area contributed by atoms with Crippen LogP contribution in [0.3, 0.4) is 0 Å². The molecular weight excluding hydrogens is 473 g/mol. The molecule has 11 heteroatoms. The topological polar surface area (TPSA) is 23.6 Å². The van der Waals surface area contributed by atoms with E-state index < -0.39 is 50.6 Å². The highest BCUT2D eigenvalue weighted by atomic mass is 32.2. The number of likely N-dealkylation sites (tertiary alicyclic amines) is 1. The molecule has 1 unspecified atom stereocenters. The summed E-state index contributed by atoms with van der Waals surface area (Å²) in [6, 6.07) is 4.86. The molecule has 2 aliphatic heterocycles. The molecule has 1 saturated heterocycles. The lowest BCUT2D eigenvalue weighted by molar-refractivity contribution is -0.143. The Bertz CT molecular complexity index is 1040. The molecule has 33 heavy (non-hydrogen) atoms. The van der Waals surface area contributed by atoms with Crippen LogP contribution in [0.2, 0.25) is 0 Å². The van der Waals surface area contributed by atoms with Crippen LogP contribution in [0, 0.1) is 5.82 Å². The van der Waals surface area contributed by atoms with Gasteiger partial charge in [0.1, 0.15) is 5.82 Å². The fourth-order valence-electron chi connectivity index (χ4n) is 4.62. The maximum absolute atomic E-state index is 14.1. The summed E-state index contributed by atoms with van der Waals surface area (Å²) in [7, 11) is -2.36. The summed E-state index contributed by atoms with van der Waals surface area (Å²) < 4.78 is 109. The number of hydrogen-bond acceptors (Lipinski definition) is 2. The molecule has 2 aliphatic rings. The highest BCUT2D eigenvalue weighted by Gasteiger charge is 2.47. The number of alkyl halides is 6. The van der Waals surface area contributed by atoms with Crippen LogP contribution in [0.4, 0.5) is 36.4 Å². The molecule has 0 aliphatic carbocycles. The molecular formula is C22H21F7N2OS. The minimum absolute atomic E-state index is 0.00989. The van der Waals surface area contributed by atoms with Gasteiger partial charge < -0.3 is 4.90 Å². The van der Waals surface area contributed by atoms with Crippen molar-refractivity contribution in [2.75, 3.05) is 30.5 Å². The van der Waals surface area contributed by atoms with Crippen LogP contribution in [-0.2, 0) is 28.8 Å². The Balaban J connectivity index is 1.77. The van der Waals surface area contributed by atoms with E-state index in [4.69, 9.17) is 0 Å². The lowest BCUT2D eigenvalue weighted by atomic mass is 9.74. The first-order valence-electron chi connectivity index (χ1n) is 10.4. The summed E-state index contributed by atoms with van der Waals surface area (Å²) in [6.45, 7) is 4.36. The molecule has 0 aromatic heterocycles. The first-order chi connectivity index (χ1) is 15.3. The van der Waals surface area contributed by atoms with E-state index in [1.165, 1.54) is 16.4 Å². The third-order valence-electron chi connectivity index (χ3n) is 6.47. The number of halogens is 7. The number of anilines is 1. The molecule has 0 bridgehead atoms. The van der Waals surface area contributed by atoms with Gasteiger partial charge in [0.2, 0.25) is 0 Å². The Kier molecular flexibility index (Phi) is 6.01. The highest BCUT2D eigenvalue weighted by Crippen LogP contribution is 2.49. The lowest BCUT2D eigenvalue weighted by Crippen LogP contribution is -2.45. The third kappa shape index (κ3) is 4.49. The zero-order chi connectivity index (χ0) is 24.2. The summed E-state index contributed by atoms with van der Waals surface area (Å²) in [5.41, 5.74) is -2.66. The van der Waals surface area contributed by atoms with Crippen LogP contribution >= 0.6 is 0 Å². The molecule has 0 amide bonds. The van der Waals surface area contributed by atoms with Gasteiger partial charge >= 0.3 is 12.4 Å². The van der Waals surface area contributed by atoms with Gasteiger partial charge in [-0.3, -0.25) is 4.31 Å². The van der Waals surface area contributed by atoms with Gasteiger partial charge in [-0.1, -0.05) is 6.92 Å². The quantitative estimate of drug-likeness (QED) is 0.507. The van der Waals surface area contributed by atoms with Gasteiger partial charge in [0.05, 0.1) is 21.7 Å². The molecule has 1 fully saturated rings. The van der Waals surface area contributed by atoms with Crippen molar-refractivity contribution in [1.29, 1.82) is 0 Å². The summed E-state index contributed by atoms with van der Waals surface area (Å²) in [5, 5.41) is 0. The van der Waals surface area contributed by atoms with Crippen LogP contribution in [-0.4, -0.2) is 35.3 Å². The molecule has 1 atom stereocenters. The van der Waals surface area contributed by atoms with Gasteiger partial charge in [0, 0.05) is 12.0 Å². The number of nitrogens with zero attached hydrogens (tertiary/aromatic N) is 2. The predicted molar refractivity (Wildman–Crippen MR) is 110 cm³/mol. The fourth-order valence-corrected chi connectivity index (χ4v) is 6.04. The largest absolute Gasteiger partial charge is 0.416 e. The van der Waals surface area contributed by atoms with E-state index in [0.717, 1.165) is 12.6 Å². The fraction of sp³-hybridized carbons (Fsp3) is 0.455.